The number of rotatable bonds is 3. The fraction of sp³-hybridized carbons (Fsp3) is 0.412. The molecule has 0 atom stereocenters. The Morgan fingerprint density at radius 2 is 1.91 bits per heavy atom. The van der Waals surface area contributed by atoms with Crippen LogP contribution in [0, 0.1) is 13.8 Å². The van der Waals surface area contributed by atoms with Crippen molar-refractivity contribution in [3.63, 3.8) is 0 Å². The van der Waals surface area contributed by atoms with Crippen molar-refractivity contribution in [3.05, 3.63) is 41.3 Å². The van der Waals surface area contributed by atoms with Crippen LogP contribution in [-0.2, 0) is 0 Å². The zero-order valence-corrected chi connectivity index (χ0v) is 13.5. The predicted molar refractivity (Wildman–Crippen MR) is 89.8 cm³/mol. The summed E-state index contributed by atoms with van der Waals surface area (Å²) in [5.74, 6) is 0.910. The molecule has 6 heteroatoms. The molecule has 1 aliphatic heterocycles. The first-order valence-electron chi connectivity index (χ1n) is 7.96. The molecule has 0 aromatic carbocycles. The second-order valence-corrected chi connectivity index (χ2v) is 5.92. The van der Waals surface area contributed by atoms with Crippen molar-refractivity contribution in [1.82, 2.24) is 15.0 Å². The van der Waals surface area contributed by atoms with Gasteiger partial charge in [-0.1, -0.05) is 6.07 Å². The summed E-state index contributed by atoms with van der Waals surface area (Å²) in [6.07, 6.45) is 5.26. The van der Waals surface area contributed by atoms with Crippen LogP contribution in [-0.4, -0.2) is 33.9 Å². The molecule has 1 fully saturated rings. The second-order valence-electron chi connectivity index (χ2n) is 5.92. The van der Waals surface area contributed by atoms with Crippen LogP contribution in [0.15, 0.2) is 24.4 Å². The number of aromatic nitrogens is 3. The fourth-order valence-electron chi connectivity index (χ4n) is 2.63. The number of hydrogen-bond acceptors (Lipinski definition) is 5. The van der Waals surface area contributed by atoms with E-state index in [1.54, 1.807) is 18.3 Å². The Balaban J connectivity index is 1.79. The third-order valence-corrected chi connectivity index (χ3v) is 3.87. The van der Waals surface area contributed by atoms with E-state index in [1.807, 2.05) is 19.9 Å². The van der Waals surface area contributed by atoms with Crippen molar-refractivity contribution >= 4 is 17.7 Å². The number of aryl methyl sites for hydroxylation is 2. The maximum absolute atomic E-state index is 12.4. The molecule has 0 saturated carbocycles. The number of pyridine rings is 1. The van der Waals surface area contributed by atoms with E-state index in [4.69, 9.17) is 0 Å². The van der Waals surface area contributed by atoms with E-state index in [2.05, 4.69) is 25.2 Å². The number of anilines is 2. The molecule has 1 aliphatic rings. The molecule has 6 nitrogen and oxygen atoms in total. The van der Waals surface area contributed by atoms with E-state index in [0.29, 0.717) is 17.5 Å². The Bertz CT molecular complexity index is 693. The van der Waals surface area contributed by atoms with Crippen LogP contribution in [0.3, 0.4) is 0 Å². The highest BCUT2D eigenvalue weighted by Gasteiger charge is 2.17. The molecular formula is C17H21N5O. The van der Waals surface area contributed by atoms with Crippen LogP contribution in [0.2, 0.25) is 0 Å². The monoisotopic (exact) mass is 311 g/mol. The summed E-state index contributed by atoms with van der Waals surface area (Å²) in [6, 6.07) is 5.40. The third kappa shape index (κ3) is 3.83. The zero-order chi connectivity index (χ0) is 16.2. The highest BCUT2D eigenvalue weighted by atomic mass is 16.1. The van der Waals surface area contributed by atoms with Gasteiger partial charge in [-0.2, -0.15) is 0 Å². The number of hydrogen-bond donors (Lipinski definition) is 1. The summed E-state index contributed by atoms with van der Waals surface area (Å²) in [7, 11) is 0. The summed E-state index contributed by atoms with van der Waals surface area (Å²) >= 11 is 0. The smallest absolute Gasteiger partial charge is 0.275 e. The van der Waals surface area contributed by atoms with Crippen molar-refractivity contribution in [3.8, 4) is 0 Å². The molecule has 23 heavy (non-hydrogen) atoms. The highest BCUT2D eigenvalue weighted by Crippen LogP contribution is 2.17. The van der Waals surface area contributed by atoms with E-state index < -0.39 is 0 Å². The molecule has 0 spiro atoms. The van der Waals surface area contributed by atoms with Crippen molar-refractivity contribution in [2.24, 2.45) is 0 Å². The molecule has 0 bridgehead atoms. The van der Waals surface area contributed by atoms with Crippen LogP contribution < -0.4 is 10.2 Å². The molecule has 3 rings (SSSR count). The van der Waals surface area contributed by atoms with Gasteiger partial charge in [-0.25, -0.2) is 15.0 Å². The lowest BCUT2D eigenvalue weighted by atomic mass is 10.1. The SMILES string of the molecule is Cc1ccc(NC(=O)c2cc(C)nc(N3CCCCC3)n2)nc1. The number of amides is 1. The largest absolute Gasteiger partial charge is 0.341 e. The minimum atomic E-state index is -0.259. The number of carbonyl (C=O) groups is 1. The van der Waals surface area contributed by atoms with Crippen molar-refractivity contribution in [2.45, 2.75) is 33.1 Å². The van der Waals surface area contributed by atoms with E-state index in [-0.39, 0.29) is 5.91 Å². The molecule has 0 unspecified atom stereocenters. The number of nitrogens with zero attached hydrogens (tertiary/aromatic N) is 4. The zero-order valence-electron chi connectivity index (χ0n) is 13.5. The van der Waals surface area contributed by atoms with Gasteiger partial charge in [-0.3, -0.25) is 4.79 Å². The van der Waals surface area contributed by atoms with E-state index in [0.717, 1.165) is 37.2 Å². The van der Waals surface area contributed by atoms with Gasteiger partial charge in [0.1, 0.15) is 11.5 Å². The van der Waals surface area contributed by atoms with Gasteiger partial charge in [0.05, 0.1) is 0 Å². The van der Waals surface area contributed by atoms with Gasteiger partial charge in [0.25, 0.3) is 5.91 Å². The number of piperidine rings is 1. The van der Waals surface area contributed by atoms with E-state index >= 15 is 0 Å². The van der Waals surface area contributed by atoms with Crippen LogP contribution in [0.1, 0.15) is 41.0 Å². The van der Waals surface area contributed by atoms with Crippen LogP contribution in [0.5, 0.6) is 0 Å². The molecule has 2 aromatic rings. The normalized spacial score (nSPS) is 14.6. The molecule has 2 aromatic heterocycles. The van der Waals surface area contributed by atoms with Gasteiger partial charge in [0.15, 0.2) is 0 Å². The third-order valence-electron chi connectivity index (χ3n) is 3.87. The molecule has 1 saturated heterocycles. The van der Waals surface area contributed by atoms with Crippen molar-refractivity contribution in [2.75, 3.05) is 23.3 Å². The molecule has 3 heterocycles. The first kappa shape index (κ1) is 15.4. The molecule has 1 amide bonds. The summed E-state index contributed by atoms with van der Waals surface area (Å²) in [5, 5.41) is 2.78. The lowest BCUT2D eigenvalue weighted by molar-refractivity contribution is 0.102. The summed E-state index contributed by atoms with van der Waals surface area (Å²) in [5.41, 5.74) is 2.22. The molecule has 120 valence electrons. The summed E-state index contributed by atoms with van der Waals surface area (Å²) in [4.78, 5) is 27.7. The van der Waals surface area contributed by atoms with Gasteiger partial charge >= 0.3 is 0 Å². The Morgan fingerprint density at radius 3 is 2.61 bits per heavy atom. The minimum absolute atomic E-state index is 0.259. The Kier molecular flexibility index (Phi) is 4.50. The van der Waals surface area contributed by atoms with Gasteiger partial charge in [0.2, 0.25) is 5.95 Å². The van der Waals surface area contributed by atoms with E-state index in [1.165, 1.54) is 6.42 Å². The highest BCUT2D eigenvalue weighted by molar-refractivity contribution is 6.02. The lowest BCUT2D eigenvalue weighted by Crippen LogP contribution is -2.31. The number of nitrogens with one attached hydrogen (secondary N) is 1. The van der Waals surface area contributed by atoms with Crippen molar-refractivity contribution in [1.29, 1.82) is 0 Å². The topological polar surface area (TPSA) is 71.0 Å². The Morgan fingerprint density at radius 1 is 1.13 bits per heavy atom. The Hall–Kier alpha value is -2.50. The number of carbonyl (C=O) groups excluding carboxylic acids is 1. The van der Waals surface area contributed by atoms with Crippen LogP contribution >= 0.6 is 0 Å². The van der Waals surface area contributed by atoms with Gasteiger partial charge < -0.3 is 10.2 Å². The van der Waals surface area contributed by atoms with Crippen LogP contribution in [0.4, 0.5) is 11.8 Å². The minimum Gasteiger partial charge on any atom is -0.341 e. The Labute approximate surface area is 136 Å². The molecular weight excluding hydrogens is 290 g/mol. The maximum Gasteiger partial charge on any atom is 0.275 e. The predicted octanol–water partition coefficient (Wildman–Crippen LogP) is 2.73. The van der Waals surface area contributed by atoms with Gasteiger partial charge in [-0.05, 0) is 50.8 Å². The second kappa shape index (κ2) is 6.73. The average molecular weight is 311 g/mol. The van der Waals surface area contributed by atoms with Crippen molar-refractivity contribution < 1.29 is 4.79 Å². The van der Waals surface area contributed by atoms with Gasteiger partial charge in [0, 0.05) is 25.0 Å². The summed E-state index contributed by atoms with van der Waals surface area (Å²) < 4.78 is 0. The quantitative estimate of drug-likeness (QED) is 0.943. The molecule has 0 radical (unpaired) electrons. The summed E-state index contributed by atoms with van der Waals surface area (Å²) in [6.45, 7) is 5.74. The first-order chi connectivity index (χ1) is 11.1. The van der Waals surface area contributed by atoms with E-state index in [9.17, 15) is 4.79 Å². The fourth-order valence-corrected chi connectivity index (χ4v) is 2.63. The molecule has 1 N–H and O–H groups in total. The van der Waals surface area contributed by atoms with Gasteiger partial charge in [-0.15, -0.1) is 0 Å². The van der Waals surface area contributed by atoms with Crippen LogP contribution in [0.25, 0.3) is 0 Å². The average Bonchev–Trinajstić information content (AvgIpc) is 2.57. The molecule has 0 aliphatic carbocycles. The standard InChI is InChI=1S/C17H21N5O/c1-12-6-7-15(18-11-12)21-16(23)14-10-13(2)19-17(20-14)22-8-4-3-5-9-22/h6-7,10-11H,3-5,8-9H2,1-2H3,(H,18,21,23). The first-order valence-corrected chi connectivity index (χ1v) is 7.96. The lowest BCUT2D eigenvalue weighted by Gasteiger charge is -2.27. The maximum atomic E-state index is 12.4.